The molecule has 6 nitrogen and oxygen atoms in total. The second kappa shape index (κ2) is 7.83. The van der Waals surface area contributed by atoms with Gasteiger partial charge in [0, 0.05) is 10.6 Å². The Bertz CT molecular complexity index is 1250. The van der Waals surface area contributed by atoms with E-state index in [1.54, 1.807) is 48.5 Å². The molecule has 0 atom stereocenters. The van der Waals surface area contributed by atoms with Gasteiger partial charge in [0.15, 0.2) is 0 Å². The molecular weight excluding hydrogens is 448 g/mol. The SMILES string of the molecule is O=C1Cc2ccccc2C(=O)N1CC1=C(c2ccc(Cl)cc2)S(=O)(=O)NC12CCCCC2. The summed E-state index contributed by atoms with van der Waals surface area (Å²) in [7, 11) is -3.82. The van der Waals surface area contributed by atoms with Crippen LogP contribution in [-0.4, -0.2) is 37.2 Å². The average Bonchev–Trinajstić information content (AvgIpc) is 2.97. The molecule has 3 aliphatic rings. The Morgan fingerprint density at radius 3 is 2.38 bits per heavy atom. The maximum absolute atomic E-state index is 13.3. The molecule has 2 aromatic carbocycles. The zero-order chi connectivity index (χ0) is 22.5. The third-order valence-electron chi connectivity index (χ3n) is 6.72. The van der Waals surface area contributed by atoms with E-state index in [0.717, 1.165) is 19.3 Å². The summed E-state index contributed by atoms with van der Waals surface area (Å²) in [5.41, 5.74) is 1.53. The van der Waals surface area contributed by atoms with E-state index in [-0.39, 0.29) is 29.7 Å². The van der Waals surface area contributed by atoms with Gasteiger partial charge in [-0.05, 0) is 47.7 Å². The highest BCUT2D eigenvalue weighted by atomic mass is 35.5. The van der Waals surface area contributed by atoms with Crippen LogP contribution in [-0.2, 0) is 21.2 Å². The number of hydrogen-bond acceptors (Lipinski definition) is 4. The van der Waals surface area contributed by atoms with Gasteiger partial charge in [-0.15, -0.1) is 0 Å². The maximum Gasteiger partial charge on any atom is 0.261 e. The lowest BCUT2D eigenvalue weighted by Gasteiger charge is -2.37. The molecule has 8 heteroatoms. The number of imide groups is 1. The van der Waals surface area contributed by atoms with E-state index in [9.17, 15) is 18.0 Å². The Hall–Kier alpha value is -2.48. The molecule has 1 spiro atoms. The molecule has 2 aliphatic heterocycles. The van der Waals surface area contributed by atoms with Crippen molar-refractivity contribution >= 4 is 38.3 Å². The Labute approximate surface area is 192 Å². The number of benzene rings is 2. The molecule has 2 amide bonds. The van der Waals surface area contributed by atoms with Crippen LogP contribution in [0.4, 0.5) is 0 Å². The van der Waals surface area contributed by atoms with E-state index in [2.05, 4.69) is 4.72 Å². The molecule has 32 heavy (non-hydrogen) atoms. The molecule has 0 bridgehead atoms. The van der Waals surface area contributed by atoms with Gasteiger partial charge in [-0.25, -0.2) is 13.1 Å². The third-order valence-corrected chi connectivity index (χ3v) is 8.65. The van der Waals surface area contributed by atoms with Crippen molar-refractivity contribution < 1.29 is 18.0 Å². The largest absolute Gasteiger partial charge is 0.274 e. The molecule has 0 saturated heterocycles. The number of hydrogen-bond donors (Lipinski definition) is 1. The molecule has 0 unspecified atom stereocenters. The number of fused-ring (bicyclic) bond motifs is 1. The van der Waals surface area contributed by atoms with Crippen molar-refractivity contribution in [3.8, 4) is 0 Å². The van der Waals surface area contributed by atoms with Crippen LogP contribution in [0.2, 0.25) is 5.02 Å². The molecule has 0 radical (unpaired) electrons. The Balaban J connectivity index is 1.65. The van der Waals surface area contributed by atoms with Crippen LogP contribution in [0.5, 0.6) is 0 Å². The zero-order valence-corrected chi connectivity index (χ0v) is 19.0. The molecule has 2 heterocycles. The standard InChI is InChI=1S/C24H23ClN2O4S/c25-18-10-8-16(9-11-18)22-20(24(26-32(22,30)31)12-4-1-5-13-24)15-27-21(28)14-17-6-2-3-7-19(17)23(27)29/h2-3,6-11,26H,1,4-5,12-15H2. The molecule has 2 aromatic rings. The summed E-state index contributed by atoms with van der Waals surface area (Å²) in [5, 5.41) is 0.504. The summed E-state index contributed by atoms with van der Waals surface area (Å²) in [4.78, 5) is 27.6. The van der Waals surface area contributed by atoms with Crippen LogP contribution in [0.15, 0.2) is 54.1 Å². The lowest BCUT2D eigenvalue weighted by molar-refractivity contribution is -0.128. The maximum atomic E-state index is 13.3. The van der Waals surface area contributed by atoms with E-state index >= 15 is 0 Å². The van der Waals surface area contributed by atoms with Crippen LogP contribution in [0.1, 0.15) is 53.6 Å². The van der Waals surface area contributed by atoms with Gasteiger partial charge in [-0.3, -0.25) is 14.5 Å². The summed E-state index contributed by atoms with van der Waals surface area (Å²) in [6.45, 7) is -0.0454. The number of rotatable bonds is 3. The van der Waals surface area contributed by atoms with Crippen molar-refractivity contribution in [1.82, 2.24) is 9.62 Å². The van der Waals surface area contributed by atoms with Crippen molar-refractivity contribution in [2.45, 2.75) is 44.1 Å². The van der Waals surface area contributed by atoms with E-state index in [0.29, 0.717) is 40.1 Å². The molecule has 1 fully saturated rings. The van der Waals surface area contributed by atoms with Crippen LogP contribution in [0.3, 0.4) is 0 Å². The van der Waals surface area contributed by atoms with Crippen LogP contribution in [0.25, 0.3) is 4.91 Å². The summed E-state index contributed by atoms with van der Waals surface area (Å²) in [5.74, 6) is -0.693. The summed E-state index contributed by atoms with van der Waals surface area (Å²) < 4.78 is 29.6. The Kier molecular flexibility index (Phi) is 5.23. The number of halogens is 1. The summed E-state index contributed by atoms with van der Waals surface area (Å²) in [6, 6.07) is 13.7. The highest BCUT2D eigenvalue weighted by Gasteiger charge is 2.50. The van der Waals surface area contributed by atoms with Gasteiger partial charge in [-0.2, -0.15) is 0 Å². The van der Waals surface area contributed by atoms with Gasteiger partial charge >= 0.3 is 0 Å². The lowest BCUT2D eigenvalue weighted by atomic mass is 9.76. The van der Waals surface area contributed by atoms with Gasteiger partial charge in [-0.1, -0.05) is 61.2 Å². The number of nitrogens with one attached hydrogen (secondary N) is 1. The third kappa shape index (κ3) is 3.49. The van der Waals surface area contributed by atoms with Crippen molar-refractivity contribution in [2.24, 2.45) is 0 Å². The van der Waals surface area contributed by atoms with E-state index in [1.807, 2.05) is 0 Å². The van der Waals surface area contributed by atoms with Gasteiger partial charge in [0.1, 0.15) is 0 Å². The predicted molar refractivity (Wildman–Crippen MR) is 122 cm³/mol. The minimum absolute atomic E-state index is 0.0454. The van der Waals surface area contributed by atoms with Crippen LogP contribution < -0.4 is 4.72 Å². The molecular formula is C24H23ClN2O4S. The van der Waals surface area contributed by atoms with E-state index in [4.69, 9.17) is 11.6 Å². The van der Waals surface area contributed by atoms with Gasteiger partial charge in [0.25, 0.3) is 5.91 Å². The molecule has 0 aromatic heterocycles. The molecule has 1 aliphatic carbocycles. The fourth-order valence-corrected chi connectivity index (χ4v) is 7.28. The van der Waals surface area contributed by atoms with Crippen LogP contribution >= 0.6 is 11.6 Å². The van der Waals surface area contributed by atoms with Crippen LogP contribution in [0, 0.1) is 0 Å². The van der Waals surface area contributed by atoms with Gasteiger partial charge < -0.3 is 0 Å². The average molecular weight is 471 g/mol. The second-order valence-electron chi connectivity index (χ2n) is 8.68. The second-order valence-corrected chi connectivity index (χ2v) is 10.7. The quantitative estimate of drug-likeness (QED) is 0.689. The molecule has 5 rings (SSSR count). The smallest absolute Gasteiger partial charge is 0.261 e. The summed E-state index contributed by atoms with van der Waals surface area (Å²) >= 11 is 6.03. The van der Waals surface area contributed by atoms with Gasteiger partial charge in [0.2, 0.25) is 15.9 Å². The minimum atomic E-state index is -3.82. The molecule has 1 N–H and O–H groups in total. The summed E-state index contributed by atoms with van der Waals surface area (Å²) in [6.07, 6.45) is 4.20. The number of sulfonamides is 1. The first-order chi connectivity index (χ1) is 15.3. The molecule has 1 saturated carbocycles. The number of amides is 2. The fraction of sp³-hybridized carbons (Fsp3) is 0.333. The highest BCUT2D eigenvalue weighted by molar-refractivity contribution is 7.99. The van der Waals surface area contributed by atoms with E-state index in [1.165, 1.54) is 4.90 Å². The van der Waals surface area contributed by atoms with Crippen molar-refractivity contribution in [1.29, 1.82) is 0 Å². The first-order valence-corrected chi connectivity index (χ1v) is 12.6. The number of nitrogens with zero attached hydrogens (tertiary/aromatic N) is 1. The first-order valence-electron chi connectivity index (χ1n) is 10.8. The Morgan fingerprint density at radius 2 is 1.66 bits per heavy atom. The van der Waals surface area contributed by atoms with E-state index < -0.39 is 15.6 Å². The normalized spacial score (nSPS) is 21.8. The highest BCUT2D eigenvalue weighted by Crippen LogP contribution is 2.46. The van der Waals surface area contributed by atoms with Crippen molar-refractivity contribution in [3.63, 3.8) is 0 Å². The lowest BCUT2D eigenvalue weighted by Crippen LogP contribution is -2.50. The predicted octanol–water partition coefficient (Wildman–Crippen LogP) is 3.91. The van der Waals surface area contributed by atoms with Gasteiger partial charge in [0.05, 0.1) is 23.4 Å². The monoisotopic (exact) mass is 470 g/mol. The topological polar surface area (TPSA) is 83.6 Å². The minimum Gasteiger partial charge on any atom is -0.274 e. The number of carbonyl (C=O) groups excluding carboxylic acids is 2. The Morgan fingerprint density at radius 1 is 0.969 bits per heavy atom. The molecule has 166 valence electrons. The van der Waals surface area contributed by atoms with Crippen molar-refractivity contribution in [3.05, 3.63) is 75.8 Å². The first kappa shape index (κ1) is 21.4. The fourth-order valence-electron chi connectivity index (χ4n) is 5.18. The van der Waals surface area contributed by atoms with Crippen molar-refractivity contribution in [2.75, 3.05) is 6.54 Å². The number of carbonyl (C=O) groups is 2. The zero-order valence-electron chi connectivity index (χ0n) is 17.4.